The normalized spacial score (nSPS) is 20.3. The molecule has 0 aliphatic carbocycles. The van der Waals surface area contributed by atoms with Crippen molar-refractivity contribution in [3.8, 4) is 0 Å². The molecule has 6 nitrogen and oxygen atoms in total. The van der Waals surface area contributed by atoms with Gasteiger partial charge >= 0.3 is 6.09 Å². The number of nitrogens with two attached hydrogens (primary N) is 2. The van der Waals surface area contributed by atoms with Gasteiger partial charge in [0.05, 0.1) is 0 Å². The number of nitrogens with one attached hydrogen (secondary N) is 1. The molecule has 0 spiro atoms. The van der Waals surface area contributed by atoms with Gasteiger partial charge in [0.1, 0.15) is 5.60 Å². The van der Waals surface area contributed by atoms with Gasteiger partial charge in [0.2, 0.25) is 0 Å². The molecule has 1 heterocycles. The highest BCUT2D eigenvalue weighted by Gasteiger charge is 2.30. The van der Waals surface area contributed by atoms with Crippen molar-refractivity contribution in [2.45, 2.75) is 44.9 Å². The van der Waals surface area contributed by atoms with Crippen LogP contribution in [0.15, 0.2) is 24.3 Å². The van der Waals surface area contributed by atoms with E-state index in [0.29, 0.717) is 6.54 Å². The van der Waals surface area contributed by atoms with Crippen LogP contribution in [0.5, 0.6) is 0 Å². The van der Waals surface area contributed by atoms with Crippen molar-refractivity contribution < 1.29 is 9.53 Å². The van der Waals surface area contributed by atoms with Gasteiger partial charge in [-0.05, 0) is 44.9 Å². The first-order valence-corrected chi connectivity index (χ1v) is 8.07. The summed E-state index contributed by atoms with van der Waals surface area (Å²) in [7, 11) is 0. The fraction of sp³-hybridized carbons (Fsp3) is 0.588. The van der Waals surface area contributed by atoms with E-state index in [2.05, 4.69) is 10.2 Å². The lowest BCUT2D eigenvalue weighted by Crippen LogP contribution is -2.41. The Labute approximate surface area is 138 Å². The minimum absolute atomic E-state index is 0.0833. The zero-order chi connectivity index (χ0) is 17.0. The van der Waals surface area contributed by atoms with Gasteiger partial charge in [-0.2, -0.15) is 0 Å². The third-order valence-corrected chi connectivity index (χ3v) is 3.90. The number of alkyl carbamates (subject to hydrolysis) is 1. The van der Waals surface area contributed by atoms with E-state index in [1.807, 2.05) is 45.0 Å². The second kappa shape index (κ2) is 7.19. The molecule has 1 aliphatic rings. The fourth-order valence-electron chi connectivity index (χ4n) is 2.92. The Bertz CT molecular complexity index is 542. The zero-order valence-electron chi connectivity index (χ0n) is 14.2. The molecule has 6 heteroatoms. The largest absolute Gasteiger partial charge is 0.444 e. The van der Waals surface area contributed by atoms with Crippen molar-refractivity contribution in [1.82, 2.24) is 10.2 Å². The lowest BCUT2D eigenvalue weighted by atomic mass is 10.1. The predicted octanol–water partition coefficient (Wildman–Crippen LogP) is 1.87. The summed E-state index contributed by atoms with van der Waals surface area (Å²) in [5, 5.41) is 2.94. The van der Waals surface area contributed by atoms with Crippen molar-refractivity contribution in [2.75, 3.05) is 25.4 Å². The van der Waals surface area contributed by atoms with Crippen molar-refractivity contribution in [3.63, 3.8) is 0 Å². The van der Waals surface area contributed by atoms with Crippen LogP contribution in [0.2, 0.25) is 0 Å². The van der Waals surface area contributed by atoms with Crippen molar-refractivity contribution in [2.24, 2.45) is 5.73 Å². The van der Waals surface area contributed by atoms with Crippen molar-refractivity contribution in [3.05, 3.63) is 29.8 Å². The molecule has 1 aliphatic heterocycles. The van der Waals surface area contributed by atoms with E-state index in [4.69, 9.17) is 16.2 Å². The van der Waals surface area contributed by atoms with Gasteiger partial charge < -0.3 is 21.5 Å². The molecule has 0 aromatic heterocycles. The molecule has 1 saturated heterocycles. The molecule has 1 aromatic rings. The maximum absolute atomic E-state index is 11.9. The lowest BCUT2D eigenvalue weighted by molar-refractivity contribution is 0.0504. The van der Waals surface area contributed by atoms with Gasteiger partial charge in [-0.1, -0.05) is 12.1 Å². The van der Waals surface area contributed by atoms with Crippen LogP contribution in [0.1, 0.15) is 38.8 Å². The van der Waals surface area contributed by atoms with Crippen LogP contribution in [-0.2, 0) is 4.74 Å². The van der Waals surface area contributed by atoms with Crippen LogP contribution >= 0.6 is 0 Å². The first-order valence-electron chi connectivity index (χ1n) is 8.07. The molecule has 128 valence electrons. The van der Waals surface area contributed by atoms with Crippen molar-refractivity contribution >= 4 is 11.8 Å². The number of nitrogens with zero attached hydrogens (tertiary/aromatic N) is 1. The number of benzene rings is 1. The van der Waals surface area contributed by atoms with E-state index in [1.54, 1.807) is 0 Å². The number of amides is 1. The van der Waals surface area contributed by atoms with E-state index in [-0.39, 0.29) is 18.2 Å². The first-order chi connectivity index (χ1) is 10.8. The Kier molecular flexibility index (Phi) is 5.49. The van der Waals surface area contributed by atoms with Gasteiger partial charge in [-0.3, -0.25) is 4.90 Å². The van der Waals surface area contributed by atoms with E-state index in [9.17, 15) is 4.79 Å². The number of anilines is 1. The number of carbonyl (C=O) groups excluding carboxylic acids is 1. The summed E-state index contributed by atoms with van der Waals surface area (Å²) in [4.78, 5) is 14.2. The summed E-state index contributed by atoms with van der Waals surface area (Å²) < 4.78 is 5.31. The van der Waals surface area contributed by atoms with Crippen LogP contribution < -0.4 is 16.8 Å². The minimum Gasteiger partial charge on any atom is -0.444 e. The van der Waals surface area contributed by atoms with Crippen LogP contribution in [0.3, 0.4) is 0 Å². The Morgan fingerprint density at radius 3 is 2.83 bits per heavy atom. The van der Waals surface area contributed by atoms with Gasteiger partial charge in [0, 0.05) is 37.4 Å². The monoisotopic (exact) mass is 320 g/mol. The average Bonchev–Trinajstić information content (AvgIpc) is 2.85. The summed E-state index contributed by atoms with van der Waals surface area (Å²) in [6.07, 6.45) is 0.524. The van der Waals surface area contributed by atoms with E-state index in [0.717, 1.165) is 30.8 Å². The maximum Gasteiger partial charge on any atom is 0.407 e. The highest BCUT2D eigenvalue weighted by molar-refractivity contribution is 5.68. The second-order valence-electron chi connectivity index (χ2n) is 7.05. The molecule has 0 radical (unpaired) electrons. The molecule has 0 bridgehead atoms. The summed E-state index contributed by atoms with van der Waals surface area (Å²) in [5.41, 5.74) is 13.2. The molecule has 2 atom stereocenters. The van der Waals surface area contributed by atoms with E-state index in [1.165, 1.54) is 0 Å². The molecule has 23 heavy (non-hydrogen) atoms. The van der Waals surface area contributed by atoms with Gasteiger partial charge in [-0.15, -0.1) is 0 Å². The topological polar surface area (TPSA) is 93.6 Å². The number of nitrogen functional groups attached to an aromatic ring is 1. The fourth-order valence-corrected chi connectivity index (χ4v) is 2.92. The van der Waals surface area contributed by atoms with Crippen LogP contribution in [0, 0.1) is 0 Å². The third kappa shape index (κ3) is 5.11. The summed E-state index contributed by atoms with van der Waals surface area (Å²) in [5.74, 6) is 0. The maximum atomic E-state index is 11.9. The van der Waals surface area contributed by atoms with Crippen molar-refractivity contribution in [1.29, 1.82) is 0 Å². The molecule has 0 saturated carbocycles. The smallest absolute Gasteiger partial charge is 0.407 e. The quantitative estimate of drug-likeness (QED) is 0.736. The third-order valence-electron chi connectivity index (χ3n) is 3.90. The Morgan fingerprint density at radius 1 is 1.48 bits per heavy atom. The average molecular weight is 320 g/mol. The second-order valence-corrected chi connectivity index (χ2v) is 7.05. The molecule has 5 N–H and O–H groups in total. The number of carbonyl (C=O) groups is 1. The number of likely N-dealkylation sites (tertiary alicyclic amines) is 1. The summed E-state index contributed by atoms with van der Waals surface area (Å²) in [6.45, 7) is 7.74. The molecule has 1 fully saturated rings. The number of hydrogen-bond donors (Lipinski definition) is 3. The highest BCUT2D eigenvalue weighted by Crippen LogP contribution is 2.25. The Morgan fingerprint density at radius 2 is 2.22 bits per heavy atom. The molecule has 0 unspecified atom stereocenters. The molecule has 1 aromatic carbocycles. The predicted molar refractivity (Wildman–Crippen MR) is 92.0 cm³/mol. The standard InChI is InChI=1S/C17H28N4O2/c1-17(2,3)23-16(22)20-14-7-8-21(11-14)15(10-18)12-5-4-6-13(19)9-12/h4-6,9,14-15H,7-8,10-11,18-19H2,1-3H3,(H,20,22)/t14-,15+/m1/s1. The van der Waals surface area contributed by atoms with Gasteiger partial charge in [0.15, 0.2) is 0 Å². The summed E-state index contributed by atoms with van der Waals surface area (Å²) in [6, 6.07) is 8.02. The summed E-state index contributed by atoms with van der Waals surface area (Å²) >= 11 is 0. The molecule has 2 rings (SSSR count). The SMILES string of the molecule is CC(C)(C)OC(=O)N[C@@H]1CCN([C@@H](CN)c2cccc(N)c2)C1. The number of hydrogen-bond acceptors (Lipinski definition) is 5. The zero-order valence-corrected chi connectivity index (χ0v) is 14.2. The van der Waals surface area contributed by atoms with Crippen LogP contribution in [0.25, 0.3) is 0 Å². The highest BCUT2D eigenvalue weighted by atomic mass is 16.6. The molecular weight excluding hydrogens is 292 g/mol. The molecular formula is C17H28N4O2. The van der Waals surface area contributed by atoms with Crippen LogP contribution in [-0.4, -0.2) is 42.3 Å². The van der Waals surface area contributed by atoms with Crippen LogP contribution in [0.4, 0.5) is 10.5 Å². The first kappa shape index (κ1) is 17.6. The Hall–Kier alpha value is -1.79. The number of rotatable bonds is 4. The van der Waals surface area contributed by atoms with Gasteiger partial charge in [0.25, 0.3) is 0 Å². The number of ether oxygens (including phenoxy) is 1. The molecule has 1 amide bonds. The lowest BCUT2D eigenvalue weighted by Gasteiger charge is -2.27. The van der Waals surface area contributed by atoms with E-state index >= 15 is 0 Å². The van der Waals surface area contributed by atoms with Gasteiger partial charge in [-0.25, -0.2) is 4.79 Å². The Balaban J connectivity index is 1.94. The van der Waals surface area contributed by atoms with E-state index < -0.39 is 5.60 Å². The minimum atomic E-state index is -0.482.